The summed E-state index contributed by atoms with van der Waals surface area (Å²) < 4.78 is 5.29. The molecule has 4 heteroatoms. The molecule has 1 rings (SSSR count). The van der Waals surface area contributed by atoms with Crippen LogP contribution in [-0.2, 0) is 4.74 Å². The zero-order valence-electron chi connectivity index (χ0n) is 8.16. The number of likely N-dealkylation sites (tertiary alicyclic amines) is 1. The number of methoxy groups -OCH3 is 1. The van der Waals surface area contributed by atoms with Gasteiger partial charge in [0.05, 0.1) is 11.1 Å². The predicted octanol–water partition coefficient (Wildman–Crippen LogP) is 0.773. The molecule has 1 aliphatic heterocycles. The lowest BCUT2D eigenvalue weighted by Crippen LogP contribution is -2.38. The fourth-order valence-electron chi connectivity index (χ4n) is 1.64. The van der Waals surface area contributed by atoms with Gasteiger partial charge in [-0.2, -0.15) is 0 Å². The maximum absolute atomic E-state index is 5.44. The number of rotatable bonds is 4. The molecule has 0 aromatic carbocycles. The van der Waals surface area contributed by atoms with Gasteiger partial charge in [-0.3, -0.25) is 0 Å². The highest BCUT2D eigenvalue weighted by Gasteiger charge is 2.17. The molecule has 0 spiro atoms. The number of thiocarbonyl (C=S) groups is 1. The van der Waals surface area contributed by atoms with Crippen LogP contribution in [0.2, 0.25) is 0 Å². The number of hydrogen-bond acceptors (Lipinski definition) is 3. The van der Waals surface area contributed by atoms with Crippen LogP contribution >= 0.6 is 12.2 Å². The van der Waals surface area contributed by atoms with Gasteiger partial charge >= 0.3 is 0 Å². The summed E-state index contributed by atoms with van der Waals surface area (Å²) in [4.78, 5) is 3.02. The second kappa shape index (κ2) is 5.52. The Bertz CT molecular complexity index is 167. The van der Waals surface area contributed by atoms with Crippen LogP contribution in [0.3, 0.4) is 0 Å². The molecule has 0 saturated carbocycles. The molecule has 76 valence electrons. The summed E-state index contributed by atoms with van der Waals surface area (Å²) in [6.07, 6.45) is 3.57. The zero-order chi connectivity index (χ0) is 9.68. The third-order valence-corrected chi connectivity index (χ3v) is 2.75. The number of piperidine rings is 1. The van der Waals surface area contributed by atoms with Crippen LogP contribution < -0.4 is 5.73 Å². The van der Waals surface area contributed by atoms with E-state index in [1.807, 2.05) is 0 Å². The first kappa shape index (κ1) is 10.9. The van der Waals surface area contributed by atoms with Crippen molar-refractivity contribution in [2.45, 2.75) is 25.4 Å². The standard InChI is InChI=1S/C9H18N2OS/c1-12-8-2-5-11(6-3-8)7-4-9(10)13/h8H,2-7H2,1H3,(H2,10,13). The molecule has 13 heavy (non-hydrogen) atoms. The zero-order valence-corrected chi connectivity index (χ0v) is 8.98. The van der Waals surface area contributed by atoms with Gasteiger partial charge in [0.1, 0.15) is 0 Å². The van der Waals surface area contributed by atoms with Gasteiger partial charge in [-0.25, -0.2) is 0 Å². The average molecular weight is 202 g/mol. The average Bonchev–Trinajstić information content (AvgIpc) is 2.15. The van der Waals surface area contributed by atoms with E-state index in [1.54, 1.807) is 7.11 Å². The summed E-state index contributed by atoms with van der Waals surface area (Å²) in [6.45, 7) is 3.23. The van der Waals surface area contributed by atoms with E-state index in [9.17, 15) is 0 Å². The van der Waals surface area contributed by atoms with Crippen LogP contribution in [-0.4, -0.2) is 42.7 Å². The third-order valence-electron chi connectivity index (χ3n) is 2.54. The van der Waals surface area contributed by atoms with Crippen molar-refractivity contribution in [3.05, 3.63) is 0 Å². The van der Waals surface area contributed by atoms with Crippen LogP contribution in [0.25, 0.3) is 0 Å². The van der Waals surface area contributed by atoms with Crippen LogP contribution in [0.4, 0.5) is 0 Å². The van der Waals surface area contributed by atoms with Gasteiger partial charge < -0.3 is 15.4 Å². The molecule has 1 saturated heterocycles. The molecule has 0 aromatic heterocycles. The Balaban J connectivity index is 2.14. The summed E-state index contributed by atoms with van der Waals surface area (Å²) in [5, 5.41) is 0. The van der Waals surface area contributed by atoms with Crippen molar-refractivity contribution in [2.24, 2.45) is 5.73 Å². The van der Waals surface area contributed by atoms with Crippen LogP contribution in [0.5, 0.6) is 0 Å². The minimum atomic E-state index is 0.459. The molecular formula is C9H18N2OS. The molecule has 0 unspecified atom stereocenters. The smallest absolute Gasteiger partial charge is 0.0740 e. The van der Waals surface area contributed by atoms with Crippen LogP contribution in [0, 0.1) is 0 Å². The molecule has 0 aliphatic carbocycles. The molecule has 1 fully saturated rings. The number of nitrogens with zero attached hydrogens (tertiary/aromatic N) is 1. The minimum Gasteiger partial charge on any atom is -0.393 e. The summed E-state index contributed by atoms with van der Waals surface area (Å²) in [5.41, 5.74) is 5.44. The van der Waals surface area contributed by atoms with E-state index < -0.39 is 0 Å². The molecule has 0 radical (unpaired) electrons. The predicted molar refractivity (Wildman–Crippen MR) is 57.9 cm³/mol. The normalized spacial score (nSPS) is 20.4. The summed E-state index contributed by atoms with van der Waals surface area (Å²) in [5.74, 6) is 0. The van der Waals surface area contributed by atoms with E-state index in [2.05, 4.69) is 4.90 Å². The van der Waals surface area contributed by atoms with E-state index in [-0.39, 0.29) is 0 Å². The maximum atomic E-state index is 5.44. The second-order valence-corrected chi connectivity index (χ2v) is 4.02. The number of nitrogens with two attached hydrogens (primary N) is 1. The van der Waals surface area contributed by atoms with E-state index in [0.717, 1.165) is 38.9 Å². The van der Waals surface area contributed by atoms with Crippen molar-refractivity contribution in [1.82, 2.24) is 4.90 Å². The largest absolute Gasteiger partial charge is 0.393 e. The first-order chi connectivity index (χ1) is 6.22. The lowest BCUT2D eigenvalue weighted by Gasteiger charge is -2.30. The molecular weight excluding hydrogens is 184 g/mol. The summed E-state index contributed by atoms with van der Waals surface area (Å²) in [7, 11) is 1.79. The van der Waals surface area contributed by atoms with Gasteiger partial charge in [0.25, 0.3) is 0 Å². The van der Waals surface area contributed by atoms with Gasteiger partial charge in [0.15, 0.2) is 0 Å². The first-order valence-corrected chi connectivity index (χ1v) is 5.16. The summed E-state index contributed by atoms with van der Waals surface area (Å²) >= 11 is 4.84. The van der Waals surface area contributed by atoms with Gasteiger partial charge in [-0.15, -0.1) is 0 Å². The molecule has 2 N–H and O–H groups in total. The Kier molecular flexibility index (Phi) is 4.62. The van der Waals surface area contributed by atoms with Crippen molar-refractivity contribution in [3.63, 3.8) is 0 Å². The SMILES string of the molecule is COC1CCN(CCC(N)=S)CC1. The highest BCUT2D eigenvalue weighted by Crippen LogP contribution is 2.12. The molecule has 0 atom stereocenters. The Morgan fingerprint density at radius 1 is 1.54 bits per heavy atom. The van der Waals surface area contributed by atoms with E-state index in [4.69, 9.17) is 22.7 Å². The fourth-order valence-corrected chi connectivity index (χ4v) is 1.73. The molecule has 0 aromatic rings. The van der Waals surface area contributed by atoms with E-state index in [1.165, 1.54) is 0 Å². The molecule has 3 nitrogen and oxygen atoms in total. The Morgan fingerprint density at radius 3 is 2.62 bits per heavy atom. The molecule has 1 aliphatic rings. The lowest BCUT2D eigenvalue weighted by atomic mass is 10.1. The highest BCUT2D eigenvalue weighted by atomic mass is 32.1. The third kappa shape index (κ3) is 4.02. The topological polar surface area (TPSA) is 38.5 Å². The van der Waals surface area contributed by atoms with Crippen molar-refractivity contribution < 1.29 is 4.74 Å². The Labute approximate surface area is 85.2 Å². The van der Waals surface area contributed by atoms with Crippen molar-refractivity contribution >= 4 is 17.2 Å². The van der Waals surface area contributed by atoms with E-state index in [0.29, 0.717) is 11.1 Å². The monoisotopic (exact) mass is 202 g/mol. The van der Waals surface area contributed by atoms with Gasteiger partial charge in [0.2, 0.25) is 0 Å². The quantitative estimate of drug-likeness (QED) is 0.684. The maximum Gasteiger partial charge on any atom is 0.0740 e. The van der Waals surface area contributed by atoms with Crippen molar-refractivity contribution in [3.8, 4) is 0 Å². The first-order valence-electron chi connectivity index (χ1n) is 4.76. The lowest BCUT2D eigenvalue weighted by molar-refractivity contribution is 0.0420. The van der Waals surface area contributed by atoms with Crippen LogP contribution in [0.15, 0.2) is 0 Å². The molecule has 1 heterocycles. The number of ether oxygens (including phenoxy) is 1. The van der Waals surface area contributed by atoms with Crippen molar-refractivity contribution in [2.75, 3.05) is 26.7 Å². The van der Waals surface area contributed by atoms with Crippen molar-refractivity contribution in [1.29, 1.82) is 0 Å². The van der Waals surface area contributed by atoms with Gasteiger partial charge in [-0.1, -0.05) is 12.2 Å². The molecule has 0 bridgehead atoms. The second-order valence-electron chi connectivity index (χ2n) is 3.49. The fraction of sp³-hybridized carbons (Fsp3) is 0.889. The Morgan fingerprint density at radius 2 is 2.15 bits per heavy atom. The Hall–Kier alpha value is -0.190. The number of hydrogen-bond donors (Lipinski definition) is 1. The molecule has 0 amide bonds. The van der Waals surface area contributed by atoms with E-state index >= 15 is 0 Å². The van der Waals surface area contributed by atoms with Gasteiger partial charge in [0, 0.05) is 33.2 Å². The minimum absolute atomic E-state index is 0.459. The van der Waals surface area contributed by atoms with Gasteiger partial charge in [-0.05, 0) is 12.8 Å². The van der Waals surface area contributed by atoms with Crippen LogP contribution in [0.1, 0.15) is 19.3 Å². The highest BCUT2D eigenvalue weighted by molar-refractivity contribution is 7.80. The summed E-state index contributed by atoms with van der Waals surface area (Å²) in [6, 6.07) is 0.